The number of benzene rings is 2. The summed E-state index contributed by atoms with van der Waals surface area (Å²) in [5, 5.41) is 21.6. The molecule has 0 aromatic heterocycles. The highest BCUT2D eigenvalue weighted by Crippen LogP contribution is 2.43. The van der Waals surface area contributed by atoms with Crippen molar-refractivity contribution in [2.24, 2.45) is 4.99 Å². The summed E-state index contributed by atoms with van der Waals surface area (Å²) in [6.07, 6.45) is 1.53. The van der Waals surface area contributed by atoms with Crippen LogP contribution in [0.15, 0.2) is 57.6 Å². The normalized spacial score (nSPS) is 16.1. The average Bonchev–Trinajstić information content (AvgIpc) is 3.04. The first-order valence-electron chi connectivity index (χ1n) is 9.48. The van der Waals surface area contributed by atoms with Gasteiger partial charge in [-0.25, -0.2) is 9.79 Å². The van der Waals surface area contributed by atoms with Crippen molar-refractivity contribution in [3.8, 4) is 17.2 Å². The molecule has 1 heterocycles. The Morgan fingerprint density at radius 1 is 1.16 bits per heavy atom. The molecule has 0 spiro atoms. The number of aliphatic hydroxyl groups excluding tert-OH is 1. The molecule has 0 bridgehead atoms. The van der Waals surface area contributed by atoms with E-state index in [9.17, 15) is 15.0 Å². The van der Waals surface area contributed by atoms with E-state index in [2.05, 4.69) is 4.99 Å². The van der Waals surface area contributed by atoms with Crippen molar-refractivity contribution in [2.45, 2.75) is 13.8 Å². The van der Waals surface area contributed by atoms with Gasteiger partial charge in [0.2, 0.25) is 0 Å². The van der Waals surface area contributed by atoms with E-state index in [1.165, 1.54) is 26.4 Å². The van der Waals surface area contributed by atoms with Crippen molar-refractivity contribution in [1.82, 2.24) is 0 Å². The van der Waals surface area contributed by atoms with E-state index in [1.807, 2.05) is 25.1 Å². The van der Waals surface area contributed by atoms with Crippen LogP contribution in [0.5, 0.6) is 17.2 Å². The van der Waals surface area contributed by atoms with Gasteiger partial charge in [0.15, 0.2) is 0 Å². The zero-order valence-electron chi connectivity index (χ0n) is 17.6. The number of hydrogen-bond donors (Lipinski definition) is 2. The molecule has 162 valence electrons. The summed E-state index contributed by atoms with van der Waals surface area (Å²) in [5.41, 5.74) is 1.96. The highest BCUT2D eigenvalue weighted by atomic mass is 32.2. The van der Waals surface area contributed by atoms with Crippen LogP contribution in [-0.4, -0.2) is 42.1 Å². The lowest BCUT2D eigenvalue weighted by Crippen LogP contribution is -2.12. The molecule has 1 aliphatic rings. The molecule has 0 aliphatic carbocycles. The Morgan fingerprint density at radius 2 is 1.94 bits per heavy atom. The molecule has 0 amide bonds. The molecule has 0 atom stereocenters. The number of phenolic OH excluding ortho intramolecular Hbond substituents is 1. The van der Waals surface area contributed by atoms with Gasteiger partial charge in [-0.15, -0.1) is 0 Å². The van der Waals surface area contributed by atoms with Crippen LogP contribution in [0.4, 0.5) is 5.69 Å². The lowest BCUT2D eigenvalue weighted by molar-refractivity contribution is -0.138. The standard InChI is InChI=1S/C23H23NO6S/c1-5-30-23(27)20-21(26)19(31-22(20)24-14-8-6-7-13(2)9-14)12-16-17(25)10-15(28-3)11-18(16)29-4/h6-12,25-26H,5H2,1-4H3/b19-12+,24-22?. The van der Waals surface area contributed by atoms with Crippen LogP contribution in [0.3, 0.4) is 0 Å². The van der Waals surface area contributed by atoms with E-state index in [-0.39, 0.29) is 23.7 Å². The van der Waals surface area contributed by atoms with E-state index in [1.54, 1.807) is 19.1 Å². The number of esters is 1. The SMILES string of the molecule is CCOC(=O)C1=C(O)/C(=C\c2c(O)cc(OC)cc2OC)SC1=Nc1cccc(C)c1. The molecule has 0 radical (unpaired) electrons. The van der Waals surface area contributed by atoms with Gasteiger partial charge in [-0.3, -0.25) is 0 Å². The monoisotopic (exact) mass is 441 g/mol. The van der Waals surface area contributed by atoms with Crippen LogP contribution in [0.1, 0.15) is 18.1 Å². The summed E-state index contributed by atoms with van der Waals surface area (Å²) in [5.74, 6) is -0.275. The maximum absolute atomic E-state index is 12.5. The van der Waals surface area contributed by atoms with Crippen molar-refractivity contribution in [3.05, 3.63) is 63.8 Å². The predicted octanol–water partition coefficient (Wildman–Crippen LogP) is 4.91. The fraction of sp³-hybridized carbons (Fsp3) is 0.217. The molecule has 1 aliphatic heterocycles. The third-order valence-corrected chi connectivity index (χ3v) is 5.45. The van der Waals surface area contributed by atoms with Crippen LogP contribution in [0.25, 0.3) is 6.08 Å². The van der Waals surface area contributed by atoms with E-state index in [0.29, 0.717) is 32.7 Å². The number of rotatable bonds is 6. The molecule has 2 aromatic carbocycles. The number of nitrogens with zero attached hydrogens (tertiary/aromatic N) is 1. The second-order valence-electron chi connectivity index (χ2n) is 6.57. The number of thioether (sulfide) groups is 1. The number of phenols is 1. The summed E-state index contributed by atoms with van der Waals surface area (Å²) < 4.78 is 15.6. The smallest absolute Gasteiger partial charge is 0.344 e. The van der Waals surface area contributed by atoms with Gasteiger partial charge < -0.3 is 24.4 Å². The molecule has 2 N–H and O–H groups in total. The van der Waals surface area contributed by atoms with E-state index >= 15 is 0 Å². The lowest BCUT2D eigenvalue weighted by Gasteiger charge is -2.10. The molecular weight excluding hydrogens is 418 g/mol. The van der Waals surface area contributed by atoms with Gasteiger partial charge in [0.25, 0.3) is 0 Å². The van der Waals surface area contributed by atoms with Crippen molar-refractivity contribution in [1.29, 1.82) is 0 Å². The van der Waals surface area contributed by atoms with Gasteiger partial charge in [-0.1, -0.05) is 23.9 Å². The number of ether oxygens (including phenoxy) is 3. The molecule has 7 nitrogen and oxygen atoms in total. The summed E-state index contributed by atoms with van der Waals surface area (Å²) in [6.45, 7) is 3.78. The maximum Gasteiger partial charge on any atom is 0.344 e. The number of carbonyl (C=O) groups excluding carboxylic acids is 1. The molecule has 0 saturated heterocycles. The minimum Gasteiger partial charge on any atom is -0.507 e. The molecule has 3 rings (SSSR count). The number of carbonyl (C=O) groups is 1. The Kier molecular flexibility index (Phi) is 6.91. The maximum atomic E-state index is 12.5. The number of hydrogen-bond acceptors (Lipinski definition) is 8. The molecule has 0 fully saturated rings. The fourth-order valence-electron chi connectivity index (χ4n) is 2.96. The largest absolute Gasteiger partial charge is 0.507 e. The molecule has 0 saturated carbocycles. The quantitative estimate of drug-likeness (QED) is 0.615. The Morgan fingerprint density at radius 3 is 2.58 bits per heavy atom. The Bertz CT molecular complexity index is 1100. The van der Waals surface area contributed by atoms with Gasteiger partial charge in [0.05, 0.1) is 37.0 Å². The Hall–Kier alpha value is -3.39. The summed E-state index contributed by atoms with van der Waals surface area (Å²) in [7, 11) is 2.94. The number of aliphatic hydroxyl groups is 1. The zero-order chi connectivity index (χ0) is 22.5. The molecule has 0 unspecified atom stereocenters. The summed E-state index contributed by atoms with van der Waals surface area (Å²) in [6, 6.07) is 10.5. The summed E-state index contributed by atoms with van der Waals surface area (Å²) >= 11 is 1.10. The van der Waals surface area contributed by atoms with Crippen LogP contribution < -0.4 is 9.47 Å². The minimum absolute atomic E-state index is 0.0217. The van der Waals surface area contributed by atoms with E-state index < -0.39 is 5.97 Å². The van der Waals surface area contributed by atoms with Crippen LogP contribution in [0.2, 0.25) is 0 Å². The molecule has 31 heavy (non-hydrogen) atoms. The van der Waals surface area contributed by atoms with Gasteiger partial charge in [0.1, 0.15) is 33.6 Å². The van der Waals surface area contributed by atoms with Crippen LogP contribution in [0, 0.1) is 6.92 Å². The second kappa shape index (κ2) is 9.61. The third-order valence-electron chi connectivity index (χ3n) is 4.43. The molecular formula is C23H23NO6S. The Balaban J connectivity index is 2.12. The minimum atomic E-state index is -0.673. The van der Waals surface area contributed by atoms with Crippen molar-refractivity contribution in [2.75, 3.05) is 20.8 Å². The first-order chi connectivity index (χ1) is 14.9. The third kappa shape index (κ3) is 4.86. The molecule has 8 heteroatoms. The lowest BCUT2D eigenvalue weighted by atomic mass is 10.1. The number of methoxy groups -OCH3 is 2. The van der Waals surface area contributed by atoms with Gasteiger partial charge in [-0.05, 0) is 37.6 Å². The topological polar surface area (TPSA) is 97.6 Å². The predicted molar refractivity (Wildman–Crippen MR) is 121 cm³/mol. The van der Waals surface area contributed by atoms with Crippen molar-refractivity contribution in [3.63, 3.8) is 0 Å². The van der Waals surface area contributed by atoms with E-state index in [0.717, 1.165) is 17.3 Å². The zero-order valence-corrected chi connectivity index (χ0v) is 18.4. The first kappa shape index (κ1) is 22.3. The number of aromatic hydroxyl groups is 1. The van der Waals surface area contributed by atoms with Crippen molar-refractivity contribution < 1.29 is 29.2 Å². The van der Waals surface area contributed by atoms with Crippen LogP contribution >= 0.6 is 11.8 Å². The Labute approximate surface area is 184 Å². The highest BCUT2D eigenvalue weighted by Gasteiger charge is 2.33. The average molecular weight is 442 g/mol. The van der Waals surface area contributed by atoms with Gasteiger partial charge >= 0.3 is 5.97 Å². The van der Waals surface area contributed by atoms with E-state index in [4.69, 9.17) is 14.2 Å². The van der Waals surface area contributed by atoms with Crippen molar-refractivity contribution >= 4 is 34.5 Å². The van der Waals surface area contributed by atoms with Gasteiger partial charge in [0, 0.05) is 12.1 Å². The van der Waals surface area contributed by atoms with Gasteiger partial charge in [-0.2, -0.15) is 0 Å². The number of aliphatic imine (C=N–C) groups is 1. The number of aryl methyl sites for hydroxylation is 1. The highest BCUT2D eigenvalue weighted by molar-refractivity contribution is 8.18. The fourth-order valence-corrected chi connectivity index (χ4v) is 3.97. The molecule has 2 aromatic rings. The second-order valence-corrected chi connectivity index (χ2v) is 7.60. The van der Waals surface area contributed by atoms with Crippen LogP contribution in [-0.2, 0) is 9.53 Å². The summed E-state index contributed by atoms with van der Waals surface area (Å²) in [4.78, 5) is 17.4. The first-order valence-corrected chi connectivity index (χ1v) is 10.3.